The van der Waals surface area contributed by atoms with Gasteiger partial charge in [0.2, 0.25) is 5.91 Å². The van der Waals surface area contributed by atoms with E-state index in [1.54, 1.807) is 12.1 Å². The number of rotatable bonds is 7. The van der Waals surface area contributed by atoms with Crippen LogP contribution in [0.4, 0.5) is 4.39 Å². The Morgan fingerprint density at radius 3 is 2.38 bits per heavy atom. The average molecular weight is 296 g/mol. The van der Waals surface area contributed by atoms with Crippen LogP contribution in [0.2, 0.25) is 0 Å². The number of aliphatic hydroxyl groups excluding tert-OH is 1. The van der Waals surface area contributed by atoms with Crippen molar-refractivity contribution >= 4 is 5.91 Å². The lowest BCUT2D eigenvalue weighted by Gasteiger charge is -2.25. The number of carbonyl (C=O) groups excluding carboxylic acids is 1. The highest BCUT2D eigenvalue weighted by Crippen LogP contribution is 2.18. The van der Waals surface area contributed by atoms with Gasteiger partial charge in [-0.3, -0.25) is 9.69 Å². The Labute approximate surface area is 126 Å². The molecule has 0 aliphatic heterocycles. The van der Waals surface area contributed by atoms with Gasteiger partial charge in [0.25, 0.3) is 0 Å². The predicted octanol–water partition coefficient (Wildman–Crippen LogP) is 2.09. The minimum Gasteiger partial charge on any atom is -0.388 e. The number of aliphatic hydroxyl groups is 1. The van der Waals surface area contributed by atoms with Gasteiger partial charge in [0.15, 0.2) is 0 Å². The first-order valence-corrected chi connectivity index (χ1v) is 7.25. The molecule has 118 valence electrons. The van der Waals surface area contributed by atoms with E-state index in [1.165, 1.54) is 12.1 Å². The van der Waals surface area contributed by atoms with Gasteiger partial charge in [0, 0.05) is 6.04 Å². The summed E-state index contributed by atoms with van der Waals surface area (Å²) in [6.07, 6.45) is 0.396. The molecule has 2 N–H and O–H groups in total. The second-order valence-electron chi connectivity index (χ2n) is 5.60. The third-order valence-electron chi connectivity index (χ3n) is 3.53. The van der Waals surface area contributed by atoms with Crippen molar-refractivity contribution in [2.24, 2.45) is 0 Å². The zero-order valence-corrected chi connectivity index (χ0v) is 13.1. The smallest absolute Gasteiger partial charge is 0.237 e. The van der Waals surface area contributed by atoms with E-state index in [9.17, 15) is 14.3 Å². The Hall–Kier alpha value is -1.46. The summed E-state index contributed by atoms with van der Waals surface area (Å²) in [4.78, 5) is 14.0. The maximum absolute atomic E-state index is 12.8. The topological polar surface area (TPSA) is 52.6 Å². The highest BCUT2D eigenvalue weighted by molar-refractivity contribution is 5.81. The van der Waals surface area contributed by atoms with Gasteiger partial charge in [0.1, 0.15) is 5.82 Å². The second-order valence-corrected chi connectivity index (χ2v) is 5.60. The maximum Gasteiger partial charge on any atom is 0.237 e. The lowest BCUT2D eigenvalue weighted by atomic mass is 10.0. The molecule has 1 aromatic carbocycles. The molecule has 5 heteroatoms. The summed E-state index contributed by atoms with van der Waals surface area (Å²) in [7, 11) is 3.73. The van der Waals surface area contributed by atoms with Crippen LogP contribution in [0.25, 0.3) is 0 Å². The van der Waals surface area contributed by atoms with Crippen molar-refractivity contribution in [2.45, 2.75) is 44.9 Å². The molecule has 0 aliphatic rings. The van der Waals surface area contributed by atoms with E-state index in [0.717, 1.165) is 6.42 Å². The molecule has 0 aromatic heterocycles. The van der Waals surface area contributed by atoms with Gasteiger partial charge in [-0.1, -0.05) is 19.1 Å². The van der Waals surface area contributed by atoms with Crippen molar-refractivity contribution < 1.29 is 14.3 Å². The Bertz CT molecular complexity index is 448. The van der Waals surface area contributed by atoms with Crippen molar-refractivity contribution in [3.63, 3.8) is 0 Å². The Kier molecular flexibility index (Phi) is 6.78. The van der Waals surface area contributed by atoms with E-state index < -0.39 is 6.10 Å². The first-order chi connectivity index (χ1) is 9.85. The van der Waals surface area contributed by atoms with Crippen LogP contribution in [0.3, 0.4) is 0 Å². The van der Waals surface area contributed by atoms with Crippen LogP contribution in [0, 0.1) is 5.82 Å². The van der Waals surface area contributed by atoms with E-state index >= 15 is 0 Å². The summed E-state index contributed by atoms with van der Waals surface area (Å²) in [5.41, 5.74) is 0.650. The molecule has 1 amide bonds. The van der Waals surface area contributed by atoms with Gasteiger partial charge in [0.05, 0.1) is 12.1 Å². The zero-order valence-electron chi connectivity index (χ0n) is 13.1. The van der Waals surface area contributed by atoms with E-state index in [1.807, 2.05) is 32.8 Å². The molecule has 21 heavy (non-hydrogen) atoms. The third kappa shape index (κ3) is 5.44. The molecule has 0 saturated heterocycles. The van der Waals surface area contributed by atoms with Crippen molar-refractivity contribution in [2.75, 3.05) is 14.1 Å². The van der Waals surface area contributed by atoms with E-state index in [0.29, 0.717) is 12.0 Å². The summed E-state index contributed by atoms with van der Waals surface area (Å²) >= 11 is 0. The maximum atomic E-state index is 12.8. The number of hydrogen-bond donors (Lipinski definition) is 2. The van der Waals surface area contributed by atoms with E-state index in [2.05, 4.69) is 5.32 Å². The van der Waals surface area contributed by atoms with Gasteiger partial charge < -0.3 is 10.4 Å². The third-order valence-corrected chi connectivity index (χ3v) is 3.53. The molecule has 1 rings (SSSR count). The molecule has 3 unspecified atom stereocenters. The van der Waals surface area contributed by atoms with E-state index in [-0.39, 0.29) is 23.8 Å². The van der Waals surface area contributed by atoms with Crippen LogP contribution in [0.15, 0.2) is 24.3 Å². The van der Waals surface area contributed by atoms with Crippen LogP contribution in [0.5, 0.6) is 0 Å². The number of hydrogen-bond acceptors (Lipinski definition) is 3. The molecule has 0 radical (unpaired) electrons. The molecular weight excluding hydrogens is 271 g/mol. The van der Waals surface area contributed by atoms with Crippen LogP contribution in [-0.4, -0.2) is 42.1 Å². The number of nitrogens with one attached hydrogen (secondary N) is 1. The summed E-state index contributed by atoms with van der Waals surface area (Å²) in [6, 6.07) is 5.43. The zero-order chi connectivity index (χ0) is 16.0. The summed E-state index contributed by atoms with van der Waals surface area (Å²) < 4.78 is 12.8. The first-order valence-electron chi connectivity index (χ1n) is 7.25. The number of amides is 1. The molecule has 1 aromatic rings. The van der Waals surface area contributed by atoms with Crippen LogP contribution in [-0.2, 0) is 4.79 Å². The van der Waals surface area contributed by atoms with Crippen LogP contribution < -0.4 is 5.32 Å². The Morgan fingerprint density at radius 2 is 1.90 bits per heavy atom. The van der Waals surface area contributed by atoms with Crippen molar-refractivity contribution in [1.82, 2.24) is 10.2 Å². The van der Waals surface area contributed by atoms with Crippen molar-refractivity contribution in [3.8, 4) is 0 Å². The van der Waals surface area contributed by atoms with Gasteiger partial charge in [-0.05, 0) is 51.6 Å². The summed E-state index contributed by atoms with van der Waals surface area (Å²) in [5, 5.41) is 13.0. The van der Waals surface area contributed by atoms with Gasteiger partial charge >= 0.3 is 0 Å². The monoisotopic (exact) mass is 296 g/mol. The lowest BCUT2D eigenvalue weighted by Crippen LogP contribution is -2.46. The molecule has 0 spiro atoms. The predicted molar refractivity (Wildman–Crippen MR) is 81.3 cm³/mol. The molecule has 0 heterocycles. The fraction of sp³-hybridized carbons (Fsp3) is 0.562. The van der Waals surface area contributed by atoms with E-state index in [4.69, 9.17) is 0 Å². The van der Waals surface area contributed by atoms with Gasteiger partial charge in [-0.15, -0.1) is 0 Å². The van der Waals surface area contributed by atoms with Gasteiger partial charge in [-0.2, -0.15) is 0 Å². The highest BCUT2D eigenvalue weighted by Gasteiger charge is 2.21. The summed E-state index contributed by atoms with van der Waals surface area (Å²) in [5.74, 6) is -0.370. The summed E-state index contributed by atoms with van der Waals surface area (Å²) in [6.45, 7) is 3.81. The molecule has 0 saturated carbocycles. The normalized spacial score (nSPS) is 15.6. The van der Waals surface area contributed by atoms with Gasteiger partial charge in [-0.25, -0.2) is 4.39 Å². The molecule has 3 atom stereocenters. The number of likely N-dealkylation sites (N-methyl/N-ethyl adjacent to an activating group) is 1. The van der Waals surface area contributed by atoms with Crippen LogP contribution in [0.1, 0.15) is 38.4 Å². The largest absolute Gasteiger partial charge is 0.388 e. The quantitative estimate of drug-likeness (QED) is 0.810. The van der Waals surface area contributed by atoms with Crippen LogP contribution >= 0.6 is 0 Å². The Morgan fingerprint density at radius 1 is 1.33 bits per heavy atom. The molecule has 0 aliphatic carbocycles. The fourth-order valence-corrected chi connectivity index (χ4v) is 2.34. The molecule has 0 fully saturated rings. The highest BCUT2D eigenvalue weighted by atomic mass is 19.1. The minimum atomic E-state index is -0.722. The molecule has 4 nitrogen and oxygen atoms in total. The average Bonchev–Trinajstić information content (AvgIpc) is 2.39. The van der Waals surface area contributed by atoms with Crippen molar-refractivity contribution in [1.29, 1.82) is 0 Å². The Balaban J connectivity index is 2.54. The fourth-order valence-electron chi connectivity index (χ4n) is 2.34. The minimum absolute atomic E-state index is 0.0405. The molecular formula is C16H25FN2O2. The lowest BCUT2D eigenvalue weighted by molar-refractivity contribution is -0.126. The second kappa shape index (κ2) is 8.10. The molecule has 0 bridgehead atoms. The number of benzene rings is 1. The first kappa shape index (κ1) is 17.6. The standard InChI is InChI=1S/C16H25FN2O2/c1-5-14(19(3)4)16(21)18-11(2)10-15(20)12-6-8-13(17)9-7-12/h6-9,11,14-15,20H,5,10H2,1-4H3,(H,18,21). The number of nitrogens with zero attached hydrogens (tertiary/aromatic N) is 1. The number of halogens is 1. The number of carbonyl (C=O) groups is 1. The van der Waals surface area contributed by atoms with Crippen molar-refractivity contribution in [3.05, 3.63) is 35.6 Å². The SMILES string of the molecule is CCC(C(=O)NC(C)CC(O)c1ccc(F)cc1)N(C)C.